The lowest BCUT2D eigenvalue weighted by atomic mass is 9.89. The second-order valence-electron chi connectivity index (χ2n) is 6.28. The molecule has 0 aromatic rings. The monoisotopic (exact) mass is 258 g/mol. The van der Waals surface area contributed by atoms with Gasteiger partial charge in [0.1, 0.15) is 11.1 Å². The minimum atomic E-state index is -1.03. The predicted octanol–water partition coefficient (Wildman–Crippen LogP) is 2.14. The van der Waals surface area contributed by atoms with Crippen LogP contribution in [0, 0.1) is 5.92 Å². The first-order valence-electron chi connectivity index (χ1n) is 6.17. The van der Waals surface area contributed by atoms with Crippen molar-refractivity contribution >= 4 is 12.0 Å². The van der Waals surface area contributed by atoms with Crippen LogP contribution < -0.4 is 5.73 Å². The van der Waals surface area contributed by atoms with Crippen LogP contribution in [-0.2, 0) is 9.53 Å². The van der Waals surface area contributed by atoms with E-state index in [1.807, 2.05) is 13.8 Å². The summed E-state index contributed by atoms with van der Waals surface area (Å²) < 4.78 is 5.26. The summed E-state index contributed by atoms with van der Waals surface area (Å²) in [6.07, 6.45) is -0.0395. The number of hydrogen-bond acceptors (Lipinski definition) is 3. The highest BCUT2D eigenvalue weighted by molar-refractivity contribution is 5.88. The molecule has 0 radical (unpaired) electrons. The summed E-state index contributed by atoms with van der Waals surface area (Å²) in [5, 5.41) is 0. The van der Waals surface area contributed by atoms with Crippen molar-refractivity contribution in [2.24, 2.45) is 11.7 Å². The number of ether oxygens (including phenoxy) is 1. The van der Waals surface area contributed by atoms with Gasteiger partial charge in [0, 0.05) is 7.05 Å². The lowest BCUT2D eigenvalue weighted by Crippen LogP contribution is -2.57. The van der Waals surface area contributed by atoms with Gasteiger partial charge in [-0.25, -0.2) is 4.79 Å². The summed E-state index contributed by atoms with van der Waals surface area (Å²) in [5.41, 5.74) is 3.81. The normalized spacial score (nSPS) is 15.1. The fraction of sp³-hybridized carbons (Fsp3) is 0.846. The Balaban J connectivity index is 5.04. The molecule has 0 unspecified atom stereocenters. The van der Waals surface area contributed by atoms with Gasteiger partial charge < -0.3 is 10.5 Å². The molecule has 106 valence electrons. The van der Waals surface area contributed by atoms with Gasteiger partial charge in [-0.05, 0) is 40.0 Å². The van der Waals surface area contributed by atoms with Crippen molar-refractivity contribution in [2.45, 2.75) is 59.1 Å². The van der Waals surface area contributed by atoms with Gasteiger partial charge in [-0.3, -0.25) is 9.69 Å². The molecule has 0 heterocycles. The Hall–Kier alpha value is -1.26. The van der Waals surface area contributed by atoms with Crippen LogP contribution in [0.4, 0.5) is 4.79 Å². The number of amides is 2. The average molecular weight is 258 g/mol. The van der Waals surface area contributed by atoms with E-state index < -0.39 is 23.1 Å². The van der Waals surface area contributed by atoms with E-state index in [-0.39, 0.29) is 5.92 Å². The van der Waals surface area contributed by atoms with Crippen molar-refractivity contribution in [3.05, 3.63) is 0 Å². The van der Waals surface area contributed by atoms with Crippen LogP contribution in [0.3, 0.4) is 0 Å². The molecule has 0 aromatic carbocycles. The Morgan fingerprint density at radius 1 is 1.22 bits per heavy atom. The van der Waals surface area contributed by atoms with Crippen LogP contribution in [0.1, 0.15) is 48.0 Å². The van der Waals surface area contributed by atoms with Crippen LogP contribution in [-0.4, -0.2) is 35.1 Å². The van der Waals surface area contributed by atoms with Gasteiger partial charge in [0.15, 0.2) is 0 Å². The minimum absolute atomic E-state index is 0.243. The van der Waals surface area contributed by atoms with Crippen molar-refractivity contribution in [1.82, 2.24) is 4.90 Å². The molecule has 0 aliphatic rings. The van der Waals surface area contributed by atoms with Crippen molar-refractivity contribution in [3.63, 3.8) is 0 Å². The number of carbonyl (C=O) groups is 2. The third kappa shape index (κ3) is 4.55. The van der Waals surface area contributed by atoms with E-state index in [4.69, 9.17) is 10.5 Å². The molecule has 0 aliphatic carbocycles. The first kappa shape index (κ1) is 16.7. The highest BCUT2D eigenvalue weighted by Gasteiger charge is 2.40. The Bertz CT molecular complexity index is 321. The van der Waals surface area contributed by atoms with E-state index in [1.54, 1.807) is 34.7 Å². The lowest BCUT2D eigenvalue weighted by Gasteiger charge is -2.38. The molecule has 2 N–H and O–H groups in total. The Kier molecular flexibility index (Phi) is 5.20. The lowest BCUT2D eigenvalue weighted by molar-refractivity contribution is -0.129. The number of rotatable bonds is 4. The summed E-state index contributed by atoms with van der Waals surface area (Å²) >= 11 is 0. The second kappa shape index (κ2) is 5.59. The van der Waals surface area contributed by atoms with E-state index in [2.05, 4.69) is 0 Å². The molecule has 0 aliphatic heterocycles. The maximum Gasteiger partial charge on any atom is 0.410 e. The molecule has 0 aromatic heterocycles. The fourth-order valence-electron chi connectivity index (χ4n) is 1.73. The fourth-order valence-corrected chi connectivity index (χ4v) is 1.73. The minimum Gasteiger partial charge on any atom is -0.444 e. The maximum absolute atomic E-state index is 12.0. The highest BCUT2D eigenvalue weighted by Crippen LogP contribution is 2.24. The molecule has 1 atom stereocenters. The molecule has 0 spiro atoms. The standard InChI is InChI=1S/C13H26N2O3/c1-9(2)8-13(6,10(14)16)15(7)11(17)18-12(3,4)5/h9H,8H2,1-7H3,(H2,14,16)/t13-/m0/s1. The number of hydrogen-bond donors (Lipinski definition) is 1. The third-order valence-corrected chi connectivity index (χ3v) is 2.74. The van der Waals surface area contributed by atoms with Gasteiger partial charge in [-0.15, -0.1) is 0 Å². The zero-order valence-corrected chi connectivity index (χ0v) is 12.5. The van der Waals surface area contributed by atoms with Crippen LogP contribution in [0.15, 0.2) is 0 Å². The smallest absolute Gasteiger partial charge is 0.410 e. The number of nitrogens with zero attached hydrogens (tertiary/aromatic N) is 1. The van der Waals surface area contributed by atoms with Crippen molar-refractivity contribution < 1.29 is 14.3 Å². The summed E-state index contributed by atoms with van der Waals surface area (Å²) in [7, 11) is 1.54. The average Bonchev–Trinajstić information content (AvgIpc) is 2.12. The van der Waals surface area contributed by atoms with Gasteiger partial charge >= 0.3 is 6.09 Å². The van der Waals surface area contributed by atoms with Gasteiger partial charge in [0.25, 0.3) is 0 Å². The van der Waals surface area contributed by atoms with Crippen molar-refractivity contribution in [2.75, 3.05) is 7.05 Å². The van der Waals surface area contributed by atoms with Gasteiger partial charge in [-0.2, -0.15) is 0 Å². The van der Waals surface area contributed by atoms with E-state index in [1.165, 1.54) is 4.90 Å². The topological polar surface area (TPSA) is 72.6 Å². The quantitative estimate of drug-likeness (QED) is 0.839. The van der Waals surface area contributed by atoms with Crippen molar-refractivity contribution in [1.29, 1.82) is 0 Å². The SMILES string of the molecule is CC(C)C[C@@](C)(C(N)=O)N(C)C(=O)OC(C)(C)C. The molecule has 0 saturated carbocycles. The molecular weight excluding hydrogens is 232 g/mol. The summed E-state index contributed by atoms with van der Waals surface area (Å²) in [6, 6.07) is 0. The third-order valence-electron chi connectivity index (χ3n) is 2.74. The predicted molar refractivity (Wildman–Crippen MR) is 71.1 cm³/mol. The molecule has 5 heteroatoms. The number of carbonyl (C=O) groups excluding carboxylic acids is 2. The Morgan fingerprint density at radius 3 is 1.94 bits per heavy atom. The summed E-state index contributed by atoms with van der Waals surface area (Å²) in [6.45, 7) is 11.0. The van der Waals surface area contributed by atoms with Gasteiger partial charge in [0.05, 0.1) is 0 Å². The van der Waals surface area contributed by atoms with Gasteiger partial charge in [-0.1, -0.05) is 13.8 Å². The molecule has 2 amide bonds. The van der Waals surface area contributed by atoms with E-state index in [0.29, 0.717) is 6.42 Å². The number of nitrogens with two attached hydrogens (primary N) is 1. The van der Waals surface area contributed by atoms with Crippen LogP contribution >= 0.6 is 0 Å². The van der Waals surface area contributed by atoms with E-state index in [0.717, 1.165) is 0 Å². The zero-order valence-electron chi connectivity index (χ0n) is 12.5. The molecule has 5 nitrogen and oxygen atoms in total. The largest absolute Gasteiger partial charge is 0.444 e. The molecule has 18 heavy (non-hydrogen) atoms. The van der Waals surface area contributed by atoms with Crippen LogP contribution in [0.5, 0.6) is 0 Å². The van der Waals surface area contributed by atoms with Crippen molar-refractivity contribution in [3.8, 4) is 0 Å². The van der Waals surface area contributed by atoms with E-state index in [9.17, 15) is 9.59 Å². The summed E-state index contributed by atoms with van der Waals surface area (Å²) in [4.78, 5) is 24.9. The molecular formula is C13H26N2O3. The molecule has 0 saturated heterocycles. The van der Waals surface area contributed by atoms with Crippen LogP contribution in [0.2, 0.25) is 0 Å². The molecule has 0 bridgehead atoms. The Morgan fingerprint density at radius 2 is 1.67 bits per heavy atom. The Labute approximate surface area is 110 Å². The first-order chi connectivity index (χ1) is 7.90. The number of likely N-dealkylation sites (N-methyl/N-ethyl adjacent to an activating group) is 1. The molecule has 0 fully saturated rings. The zero-order chi connectivity index (χ0) is 14.7. The summed E-state index contributed by atoms with van der Waals surface area (Å²) in [5.74, 6) is -0.281. The number of primary amides is 1. The maximum atomic E-state index is 12.0. The molecule has 0 rings (SSSR count). The van der Waals surface area contributed by atoms with Gasteiger partial charge in [0.2, 0.25) is 5.91 Å². The second-order valence-corrected chi connectivity index (χ2v) is 6.28. The van der Waals surface area contributed by atoms with E-state index >= 15 is 0 Å². The highest BCUT2D eigenvalue weighted by atomic mass is 16.6. The van der Waals surface area contributed by atoms with Crippen LogP contribution in [0.25, 0.3) is 0 Å². The first-order valence-corrected chi connectivity index (χ1v) is 6.17.